The molecule has 0 saturated carbocycles. The van der Waals surface area contributed by atoms with Gasteiger partial charge in [0, 0.05) is 13.0 Å². The number of aliphatic hydroxyl groups excluding tert-OH is 1. The normalized spacial score (nSPS) is 10.4. The van der Waals surface area contributed by atoms with Gasteiger partial charge in [-0.2, -0.15) is 5.10 Å². The third-order valence-corrected chi connectivity index (χ3v) is 3.23. The summed E-state index contributed by atoms with van der Waals surface area (Å²) in [6.07, 6.45) is 3.36. The van der Waals surface area contributed by atoms with Gasteiger partial charge in [-0.05, 0) is 28.8 Å². The summed E-state index contributed by atoms with van der Waals surface area (Å²) in [4.78, 5) is 22.3. The van der Waals surface area contributed by atoms with Crippen molar-refractivity contribution in [1.82, 2.24) is 9.78 Å². The van der Waals surface area contributed by atoms with Gasteiger partial charge in [0.15, 0.2) is 0 Å². The summed E-state index contributed by atoms with van der Waals surface area (Å²) in [6, 6.07) is 0. The lowest BCUT2D eigenvalue weighted by Gasteiger charge is -2.09. The van der Waals surface area contributed by atoms with Gasteiger partial charge >= 0.3 is 0 Å². The largest absolute Gasteiger partial charge is 0.394 e. The molecule has 0 radical (unpaired) electrons. The van der Waals surface area contributed by atoms with Crippen LogP contribution in [0.25, 0.3) is 0 Å². The van der Waals surface area contributed by atoms with E-state index in [-0.39, 0.29) is 24.6 Å². The van der Waals surface area contributed by atoms with Crippen LogP contribution in [0.3, 0.4) is 0 Å². The van der Waals surface area contributed by atoms with Crippen molar-refractivity contribution in [3.63, 3.8) is 0 Å². The lowest BCUT2D eigenvalue weighted by molar-refractivity contribution is -0.118. The van der Waals surface area contributed by atoms with Crippen molar-refractivity contribution in [2.45, 2.75) is 25.8 Å². The first-order valence-electron chi connectivity index (χ1n) is 5.95. The van der Waals surface area contributed by atoms with Gasteiger partial charge in [0.05, 0.1) is 25.0 Å². The van der Waals surface area contributed by atoms with Crippen LogP contribution < -0.4 is 16.6 Å². The van der Waals surface area contributed by atoms with Gasteiger partial charge in [-0.3, -0.25) is 9.59 Å². The van der Waals surface area contributed by atoms with Crippen molar-refractivity contribution in [2.75, 3.05) is 18.5 Å². The van der Waals surface area contributed by atoms with E-state index in [1.165, 1.54) is 10.9 Å². The minimum atomic E-state index is -0.311. The Kier molecular flexibility index (Phi) is 6.51. The van der Waals surface area contributed by atoms with Gasteiger partial charge in [-0.15, -0.1) is 0 Å². The Morgan fingerprint density at radius 2 is 2.26 bits per heavy atom. The molecule has 0 spiro atoms. The van der Waals surface area contributed by atoms with Crippen LogP contribution in [0, 0.1) is 0 Å². The molecule has 8 heteroatoms. The Morgan fingerprint density at radius 1 is 1.53 bits per heavy atom. The summed E-state index contributed by atoms with van der Waals surface area (Å²) in [7, 11) is 0. The van der Waals surface area contributed by atoms with Crippen LogP contribution in [-0.2, 0) is 11.3 Å². The van der Waals surface area contributed by atoms with Crippen LogP contribution in [0.1, 0.15) is 19.3 Å². The van der Waals surface area contributed by atoms with E-state index in [4.69, 9.17) is 10.8 Å². The molecule has 1 aromatic heterocycles. The van der Waals surface area contributed by atoms with Gasteiger partial charge in [0.2, 0.25) is 5.91 Å². The molecule has 0 aliphatic carbocycles. The summed E-state index contributed by atoms with van der Waals surface area (Å²) in [5.74, 6) is -0.311. The molecule has 0 aliphatic heterocycles. The molecule has 106 valence electrons. The van der Waals surface area contributed by atoms with Crippen LogP contribution in [0.2, 0.25) is 0 Å². The topological polar surface area (TPSA) is 110 Å². The van der Waals surface area contributed by atoms with E-state index in [1.807, 2.05) is 0 Å². The zero-order valence-electron chi connectivity index (χ0n) is 10.4. The van der Waals surface area contributed by atoms with Crippen molar-refractivity contribution in [3.05, 3.63) is 21.0 Å². The van der Waals surface area contributed by atoms with Crippen molar-refractivity contribution in [3.8, 4) is 0 Å². The molecule has 0 bridgehead atoms. The summed E-state index contributed by atoms with van der Waals surface area (Å²) in [5.41, 5.74) is 5.33. The highest BCUT2D eigenvalue weighted by atomic mass is 79.9. The Labute approximate surface area is 118 Å². The van der Waals surface area contributed by atoms with E-state index in [0.29, 0.717) is 29.5 Å². The lowest BCUT2D eigenvalue weighted by atomic mass is 10.2. The number of unbranched alkanes of at least 4 members (excludes halogenated alkanes) is 1. The SMILES string of the molecule is NC(=O)CCCCNc1cnn(CCO)c(=O)c1Br. The Bertz CT molecular complexity index is 489. The monoisotopic (exact) mass is 332 g/mol. The zero-order valence-corrected chi connectivity index (χ0v) is 12.0. The first-order valence-corrected chi connectivity index (χ1v) is 6.74. The maximum Gasteiger partial charge on any atom is 0.283 e. The minimum Gasteiger partial charge on any atom is -0.394 e. The summed E-state index contributed by atoms with van der Waals surface area (Å²) in [5, 5.41) is 15.8. The van der Waals surface area contributed by atoms with Gasteiger partial charge in [0.1, 0.15) is 4.47 Å². The fourth-order valence-corrected chi connectivity index (χ4v) is 1.94. The Hall–Kier alpha value is -1.41. The summed E-state index contributed by atoms with van der Waals surface area (Å²) < 4.78 is 1.56. The molecule has 0 unspecified atom stereocenters. The Balaban J connectivity index is 2.53. The number of nitrogens with two attached hydrogens (primary N) is 1. The van der Waals surface area contributed by atoms with Crippen molar-refractivity contribution >= 4 is 27.5 Å². The van der Waals surface area contributed by atoms with E-state index in [0.717, 1.165) is 6.42 Å². The van der Waals surface area contributed by atoms with Crippen LogP contribution >= 0.6 is 15.9 Å². The number of nitrogens with zero attached hydrogens (tertiary/aromatic N) is 2. The highest BCUT2D eigenvalue weighted by Gasteiger charge is 2.07. The molecule has 19 heavy (non-hydrogen) atoms. The molecule has 7 nitrogen and oxygen atoms in total. The highest BCUT2D eigenvalue weighted by molar-refractivity contribution is 9.10. The number of carbonyl (C=O) groups is 1. The number of nitrogens with one attached hydrogen (secondary N) is 1. The number of hydrogen-bond acceptors (Lipinski definition) is 5. The molecule has 0 aromatic carbocycles. The minimum absolute atomic E-state index is 0.140. The van der Waals surface area contributed by atoms with Crippen LogP contribution in [-0.4, -0.2) is 33.9 Å². The van der Waals surface area contributed by atoms with Crippen molar-refractivity contribution in [1.29, 1.82) is 0 Å². The van der Waals surface area contributed by atoms with Gasteiger partial charge < -0.3 is 16.2 Å². The van der Waals surface area contributed by atoms with E-state index in [9.17, 15) is 9.59 Å². The average Bonchev–Trinajstić information content (AvgIpc) is 2.37. The van der Waals surface area contributed by atoms with Gasteiger partial charge in [-0.1, -0.05) is 0 Å². The first-order chi connectivity index (χ1) is 9.06. The van der Waals surface area contributed by atoms with E-state index < -0.39 is 0 Å². The standard InChI is InChI=1S/C11H17BrN4O3/c12-10-8(14-4-2-1-3-9(13)18)7-15-16(5-6-17)11(10)19/h7,14,17H,1-6H2,(H2,13,18). The van der Waals surface area contributed by atoms with Gasteiger partial charge in [0.25, 0.3) is 5.56 Å². The summed E-state index contributed by atoms with van der Waals surface area (Å²) >= 11 is 3.20. The molecular weight excluding hydrogens is 316 g/mol. The molecule has 0 fully saturated rings. The Morgan fingerprint density at radius 3 is 2.89 bits per heavy atom. The van der Waals surface area contributed by atoms with Crippen LogP contribution in [0.15, 0.2) is 15.5 Å². The maximum absolute atomic E-state index is 11.8. The van der Waals surface area contributed by atoms with E-state index >= 15 is 0 Å². The quantitative estimate of drug-likeness (QED) is 0.583. The molecule has 1 aromatic rings. The lowest BCUT2D eigenvalue weighted by Crippen LogP contribution is -2.26. The number of aliphatic hydroxyl groups is 1. The molecule has 4 N–H and O–H groups in total. The number of halogens is 1. The molecule has 0 aliphatic rings. The van der Waals surface area contributed by atoms with Crippen molar-refractivity contribution in [2.24, 2.45) is 5.73 Å². The highest BCUT2D eigenvalue weighted by Crippen LogP contribution is 2.16. The van der Waals surface area contributed by atoms with E-state index in [1.54, 1.807) is 0 Å². The number of hydrogen-bond donors (Lipinski definition) is 3. The zero-order chi connectivity index (χ0) is 14.3. The molecule has 1 amide bonds. The maximum atomic E-state index is 11.8. The third kappa shape index (κ3) is 4.99. The second-order valence-corrected chi connectivity index (χ2v) is 4.77. The fourth-order valence-electron chi connectivity index (χ4n) is 1.49. The fraction of sp³-hybridized carbons (Fsp3) is 0.545. The van der Waals surface area contributed by atoms with Crippen LogP contribution in [0.4, 0.5) is 5.69 Å². The van der Waals surface area contributed by atoms with Crippen molar-refractivity contribution < 1.29 is 9.90 Å². The number of amides is 1. The number of anilines is 1. The van der Waals surface area contributed by atoms with E-state index in [2.05, 4.69) is 26.3 Å². The second kappa shape index (κ2) is 7.90. The first kappa shape index (κ1) is 15.6. The number of aromatic nitrogens is 2. The summed E-state index contributed by atoms with van der Waals surface area (Å²) in [6.45, 7) is 0.645. The number of carbonyl (C=O) groups excluding carboxylic acids is 1. The third-order valence-electron chi connectivity index (χ3n) is 2.46. The van der Waals surface area contributed by atoms with Crippen LogP contribution in [0.5, 0.6) is 0 Å². The molecule has 0 saturated heterocycles. The molecule has 1 rings (SSSR count). The smallest absolute Gasteiger partial charge is 0.283 e. The molecule has 0 atom stereocenters. The predicted molar refractivity (Wildman–Crippen MR) is 74.8 cm³/mol. The molecular formula is C11H17BrN4O3. The number of primary amides is 1. The second-order valence-electron chi connectivity index (χ2n) is 3.97. The predicted octanol–water partition coefficient (Wildman–Crippen LogP) is 0.0656. The average molecular weight is 333 g/mol. The van der Waals surface area contributed by atoms with Gasteiger partial charge in [-0.25, -0.2) is 4.68 Å². The number of rotatable bonds is 8. The molecule has 1 heterocycles.